The maximum atomic E-state index is 12.5. The van der Waals surface area contributed by atoms with Gasteiger partial charge in [0.05, 0.1) is 5.69 Å². The molecule has 0 N–H and O–H groups in total. The third-order valence-corrected chi connectivity index (χ3v) is 4.26. The molecule has 3 heteroatoms. The maximum Gasteiger partial charge on any atom is 0.142 e. The molecule has 1 heterocycles. The predicted molar refractivity (Wildman–Crippen MR) is 78.6 cm³/mol. The standard InChI is InChI=1S/C17H20N2O/c1-12-9-16(19(2)18-12)11-17(20)15-8-7-13-5-3-4-6-14(13)10-15/h3-6,9,15H,7-8,10-11H2,1-2H3. The van der Waals surface area contributed by atoms with Crippen molar-refractivity contribution >= 4 is 5.78 Å². The predicted octanol–water partition coefficient (Wildman–Crippen LogP) is 2.65. The molecule has 0 saturated heterocycles. The van der Waals surface area contributed by atoms with Crippen LogP contribution >= 0.6 is 0 Å². The number of carbonyl (C=O) groups excluding carboxylic acids is 1. The topological polar surface area (TPSA) is 34.9 Å². The van der Waals surface area contributed by atoms with Crippen molar-refractivity contribution in [3.05, 3.63) is 52.8 Å². The molecule has 0 spiro atoms. The molecule has 1 aliphatic carbocycles. The van der Waals surface area contributed by atoms with Gasteiger partial charge in [-0.25, -0.2) is 0 Å². The molecule has 0 amide bonds. The first kappa shape index (κ1) is 13.1. The second-order valence-corrected chi connectivity index (χ2v) is 5.75. The van der Waals surface area contributed by atoms with Gasteiger partial charge in [0, 0.05) is 25.1 Å². The summed E-state index contributed by atoms with van der Waals surface area (Å²) >= 11 is 0. The average Bonchev–Trinajstić information content (AvgIpc) is 2.76. The number of Topliss-reactive ketones (excluding diaryl/α,β-unsaturated/α-hetero) is 1. The third-order valence-electron chi connectivity index (χ3n) is 4.26. The zero-order valence-electron chi connectivity index (χ0n) is 12.1. The number of nitrogens with zero attached hydrogens (tertiary/aromatic N) is 2. The van der Waals surface area contributed by atoms with Crippen LogP contribution in [0, 0.1) is 12.8 Å². The van der Waals surface area contributed by atoms with Gasteiger partial charge in [0.2, 0.25) is 0 Å². The van der Waals surface area contributed by atoms with Crippen molar-refractivity contribution in [2.24, 2.45) is 13.0 Å². The third kappa shape index (κ3) is 2.53. The van der Waals surface area contributed by atoms with Crippen molar-refractivity contribution in [2.45, 2.75) is 32.6 Å². The van der Waals surface area contributed by atoms with Gasteiger partial charge < -0.3 is 0 Å². The summed E-state index contributed by atoms with van der Waals surface area (Å²) in [6.45, 7) is 1.96. The lowest BCUT2D eigenvalue weighted by atomic mass is 9.81. The first-order valence-electron chi connectivity index (χ1n) is 7.22. The Morgan fingerprint density at radius 3 is 2.80 bits per heavy atom. The zero-order chi connectivity index (χ0) is 14.1. The molecule has 3 rings (SSSR count). The number of ketones is 1. The number of fused-ring (bicyclic) bond motifs is 1. The monoisotopic (exact) mass is 268 g/mol. The summed E-state index contributed by atoms with van der Waals surface area (Å²) in [5, 5.41) is 4.31. The molecule has 0 bridgehead atoms. The number of hydrogen-bond donors (Lipinski definition) is 0. The van der Waals surface area contributed by atoms with Gasteiger partial charge in [-0.2, -0.15) is 5.10 Å². The van der Waals surface area contributed by atoms with Crippen molar-refractivity contribution in [2.75, 3.05) is 0 Å². The summed E-state index contributed by atoms with van der Waals surface area (Å²) < 4.78 is 1.82. The Hall–Kier alpha value is -1.90. The summed E-state index contributed by atoms with van der Waals surface area (Å²) in [5.41, 5.74) is 4.75. The Bertz CT molecular complexity index is 642. The minimum absolute atomic E-state index is 0.167. The molecule has 1 aromatic heterocycles. The van der Waals surface area contributed by atoms with Crippen LogP contribution in [-0.2, 0) is 31.1 Å². The normalized spacial score (nSPS) is 17.8. The van der Waals surface area contributed by atoms with E-state index in [0.29, 0.717) is 12.2 Å². The van der Waals surface area contributed by atoms with E-state index >= 15 is 0 Å². The zero-order valence-corrected chi connectivity index (χ0v) is 12.1. The van der Waals surface area contributed by atoms with E-state index in [0.717, 1.165) is 30.7 Å². The van der Waals surface area contributed by atoms with Crippen molar-refractivity contribution in [3.63, 3.8) is 0 Å². The Morgan fingerprint density at radius 2 is 2.10 bits per heavy atom. The van der Waals surface area contributed by atoms with Crippen molar-refractivity contribution < 1.29 is 4.79 Å². The lowest BCUT2D eigenvalue weighted by Crippen LogP contribution is -2.24. The molecule has 1 aliphatic rings. The fourth-order valence-corrected chi connectivity index (χ4v) is 3.13. The van der Waals surface area contributed by atoms with Crippen molar-refractivity contribution in [3.8, 4) is 0 Å². The second-order valence-electron chi connectivity index (χ2n) is 5.75. The second kappa shape index (κ2) is 5.23. The van der Waals surface area contributed by atoms with E-state index in [-0.39, 0.29) is 5.92 Å². The largest absolute Gasteiger partial charge is 0.299 e. The molecule has 1 unspecified atom stereocenters. The van der Waals surface area contributed by atoms with E-state index in [1.165, 1.54) is 11.1 Å². The molecular weight excluding hydrogens is 248 g/mol. The van der Waals surface area contributed by atoms with Crippen LogP contribution in [0.15, 0.2) is 30.3 Å². The molecule has 0 radical (unpaired) electrons. The van der Waals surface area contributed by atoms with Gasteiger partial charge in [-0.1, -0.05) is 24.3 Å². The van der Waals surface area contributed by atoms with E-state index in [1.54, 1.807) is 0 Å². The molecule has 1 atom stereocenters. The lowest BCUT2D eigenvalue weighted by Gasteiger charge is -2.23. The molecular formula is C17H20N2O. The summed E-state index contributed by atoms with van der Waals surface area (Å²) in [6.07, 6.45) is 3.40. The van der Waals surface area contributed by atoms with Crippen LogP contribution in [-0.4, -0.2) is 15.6 Å². The van der Waals surface area contributed by atoms with Gasteiger partial charge in [-0.3, -0.25) is 9.48 Å². The number of aryl methyl sites for hydroxylation is 3. The number of rotatable bonds is 3. The number of benzene rings is 1. The maximum absolute atomic E-state index is 12.5. The fraction of sp³-hybridized carbons (Fsp3) is 0.412. The molecule has 104 valence electrons. The fourth-order valence-electron chi connectivity index (χ4n) is 3.13. The number of carbonyl (C=O) groups is 1. The summed E-state index contributed by atoms with van der Waals surface area (Å²) in [4.78, 5) is 12.5. The minimum atomic E-state index is 0.167. The van der Waals surface area contributed by atoms with E-state index in [2.05, 4.69) is 29.4 Å². The Balaban J connectivity index is 1.72. The first-order chi connectivity index (χ1) is 9.63. The Morgan fingerprint density at radius 1 is 1.35 bits per heavy atom. The lowest BCUT2D eigenvalue weighted by molar-refractivity contribution is -0.122. The van der Waals surface area contributed by atoms with Gasteiger partial charge in [0.15, 0.2) is 0 Å². The van der Waals surface area contributed by atoms with Gasteiger partial charge in [-0.05, 0) is 43.4 Å². The van der Waals surface area contributed by atoms with Gasteiger partial charge >= 0.3 is 0 Å². The summed E-state index contributed by atoms with van der Waals surface area (Å²) in [5.74, 6) is 0.516. The van der Waals surface area contributed by atoms with E-state index in [9.17, 15) is 4.79 Å². The highest BCUT2D eigenvalue weighted by atomic mass is 16.1. The van der Waals surface area contributed by atoms with Crippen molar-refractivity contribution in [1.82, 2.24) is 9.78 Å². The van der Waals surface area contributed by atoms with Crippen LogP contribution in [0.2, 0.25) is 0 Å². The molecule has 0 saturated carbocycles. The van der Waals surface area contributed by atoms with Crippen LogP contribution in [0.5, 0.6) is 0 Å². The molecule has 20 heavy (non-hydrogen) atoms. The SMILES string of the molecule is Cc1cc(CC(=O)C2CCc3ccccc3C2)n(C)n1. The Kier molecular flexibility index (Phi) is 3.43. The molecule has 2 aromatic rings. The molecule has 3 nitrogen and oxygen atoms in total. The highest BCUT2D eigenvalue weighted by molar-refractivity contribution is 5.83. The molecule has 0 aliphatic heterocycles. The summed E-state index contributed by atoms with van der Waals surface area (Å²) in [7, 11) is 1.91. The van der Waals surface area contributed by atoms with Crippen LogP contribution < -0.4 is 0 Å². The molecule has 1 aromatic carbocycles. The van der Waals surface area contributed by atoms with Gasteiger partial charge in [0.1, 0.15) is 5.78 Å². The highest BCUT2D eigenvalue weighted by Crippen LogP contribution is 2.26. The summed E-state index contributed by atoms with van der Waals surface area (Å²) in [6, 6.07) is 10.5. The van der Waals surface area contributed by atoms with Crippen LogP contribution in [0.3, 0.4) is 0 Å². The first-order valence-corrected chi connectivity index (χ1v) is 7.22. The van der Waals surface area contributed by atoms with E-state index in [4.69, 9.17) is 0 Å². The number of hydrogen-bond acceptors (Lipinski definition) is 2. The number of aromatic nitrogens is 2. The van der Waals surface area contributed by atoms with Gasteiger partial charge in [-0.15, -0.1) is 0 Å². The highest BCUT2D eigenvalue weighted by Gasteiger charge is 2.25. The van der Waals surface area contributed by atoms with E-state index < -0.39 is 0 Å². The van der Waals surface area contributed by atoms with Crippen LogP contribution in [0.1, 0.15) is 28.9 Å². The van der Waals surface area contributed by atoms with E-state index in [1.807, 2.05) is 24.7 Å². The molecule has 0 fully saturated rings. The average molecular weight is 268 g/mol. The quantitative estimate of drug-likeness (QED) is 0.857. The smallest absolute Gasteiger partial charge is 0.142 e. The van der Waals surface area contributed by atoms with Crippen LogP contribution in [0.4, 0.5) is 0 Å². The van der Waals surface area contributed by atoms with Crippen LogP contribution in [0.25, 0.3) is 0 Å². The van der Waals surface area contributed by atoms with Crippen molar-refractivity contribution in [1.29, 1.82) is 0 Å². The Labute approximate surface area is 119 Å². The minimum Gasteiger partial charge on any atom is -0.299 e. The van der Waals surface area contributed by atoms with Gasteiger partial charge in [0.25, 0.3) is 0 Å².